The van der Waals surface area contributed by atoms with Crippen molar-refractivity contribution < 1.29 is 19.1 Å². The summed E-state index contributed by atoms with van der Waals surface area (Å²) in [5.74, 6) is -0.0751. The molecule has 0 saturated heterocycles. The van der Waals surface area contributed by atoms with Crippen molar-refractivity contribution in [2.24, 2.45) is 17.3 Å². The molecular weight excluding hydrogens is 382 g/mol. The molecule has 0 radical (unpaired) electrons. The summed E-state index contributed by atoms with van der Waals surface area (Å²) in [6.45, 7) is 3.07. The number of carbonyl (C=O) groups excluding carboxylic acids is 3. The Hall–Kier alpha value is -2.88. The van der Waals surface area contributed by atoms with Gasteiger partial charge < -0.3 is 15.4 Å². The predicted molar refractivity (Wildman–Crippen MR) is 109 cm³/mol. The SMILES string of the molecule is CC(=O)NC12CC3CC(C1)CC(C(=O)OC(C)C(=O)Nc1ccccc1C#N)(C3)C2. The first-order chi connectivity index (χ1) is 14.2. The van der Waals surface area contributed by atoms with Crippen molar-refractivity contribution in [2.75, 3.05) is 5.32 Å². The summed E-state index contributed by atoms with van der Waals surface area (Å²) in [6.07, 6.45) is 4.05. The van der Waals surface area contributed by atoms with Crippen molar-refractivity contribution in [1.82, 2.24) is 5.32 Å². The average Bonchev–Trinajstić information content (AvgIpc) is 2.66. The maximum atomic E-state index is 13.2. The summed E-state index contributed by atoms with van der Waals surface area (Å²) in [4.78, 5) is 37.6. The minimum atomic E-state index is -0.978. The monoisotopic (exact) mass is 409 g/mol. The number of carbonyl (C=O) groups is 3. The highest BCUT2D eigenvalue weighted by molar-refractivity contribution is 5.96. The van der Waals surface area contributed by atoms with Crippen molar-refractivity contribution in [2.45, 2.75) is 64.0 Å². The first-order valence-electron chi connectivity index (χ1n) is 10.5. The number of ether oxygens (including phenoxy) is 1. The van der Waals surface area contributed by atoms with Gasteiger partial charge >= 0.3 is 5.97 Å². The minimum absolute atomic E-state index is 0.0654. The van der Waals surface area contributed by atoms with Crippen LogP contribution in [-0.2, 0) is 19.1 Å². The van der Waals surface area contributed by atoms with Gasteiger partial charge in [-0.15, -0.1) is 0 Å². The summed E-state index contributed by atoms with van der Waals surface area (Å²) in [7, 11) is 0. The molecule has 2 amide bonds. The highest BCUT2D eigenvalue weighted by Gasteiger charge is 2.61. The Bertz CT molecular complexity index is 921. The van der Waals surface area contributed by atoms with Crippen LogP contribution in [0.3, 0.4) is 0 Å². The topological polar surface area (TPSA) is 108 Å². The quantitative estimate of drug-likeness (QED) is 0.727. The summed E-state index contributed by atoms with van der Waals surface area (Å²) in [6, 6.07) is 8.73. The highest BCUT2D eigenvalue weighted by atomic mass is 16.5. The van der Waals surface area contributed by atoms with Gasteiger partial charge in [0.2, 0.25) is 5.91 Å². The summed E-state index contributed by atoms with van der Waals surface area (Å²) in [5.41, 5.74) is -0.215. The highest BCUT2D eigenvalue weighted by Crippen LogP contribution is 2.62. The lowest BCUT2D eigenvalue weighted by molar-refractivity contribution is -0.181. The van der Waals surface area contributed by atoms with Crippen molar-refractivity contribution in [3.8, 4) is 6.07 Å². The Morgan fingerprint density at radius 3 is 2.47 bits per heavy atom. The molecule has 4 aliphatic rings. The van der Waals surface area contributed by atoms with E-state index in [4.69, 9.17) is 4.74 Å². The van der Waals surface area contributed by atoms with E-state index in [1.54, 1.807) is 31.2 Å². The zero-order chi connectivity index (χ0) is 21.5. The number of benzene rings is 1. The van der Waals surface area contributed by atoms with E-state index in [0.717, 1.165) is 32.1 Å². The number of amides is 2. The summed E-state index contributed by atoms with van der Waals surface area (Å²) < 4.78 is 5.65. The third-order valence-electron chi connectivity index (χ3n) is 6.89. The summed E-state index contributed by atoms with van der Waals surface area (Å²) >= 11 is 0. The molecule has 7 nitrogen and oxygen atoms in total. The van der Waals surface area contributed by atoms with Crippen LogP contribution in [0.2, 0.25) is 0 Å². The number of anilines is 1. The molecule has 158 valence electrons. The van der Waals surface area contributed by atoms with Gasteiger partial charge in [0, 0.05) is 12.5 Å². The number of nitriles is 1. The van der Waals surface area contributed by atoms with E-state index in [9.17, 15) is 19.6 Å². The van der Waals surface area contributed by atoms with Gasteiger partial charge in [0.25, 0.3) is 5.91 Å². The Morgan fingerprint density at radius 1 is 1.17 bits per heavy atom. The van der Waals surface area contributed by atoms with Crippen LogP contribution < -0.4 is 10.6 Å². The number of hydrogen-bond donors (Lipinski definition) is 2. The molecule has 1 aromatic carbocycles. The molecule has 2 N–H and O–H groups in total. The number of hydrogen-bond acceptors (Lipinski definition) is 5. The molecular formula is C23H27N3O4. The van der Waals surface area contributed by atoms with Gasteiger partial charge in [0.15, 0.2) is 6.10 Å². The van der Waals surface area contributed by atoms with E-state index in [0.29, 0.717) is 29.5 Å². The Morgan fingerprint density at radius 2 is 1.83 bits per heavy atom. The maximum absolute atomic E-state index is 13.2. The standard InChI is InChI=1S/C23H27N3O4/c1-14(20(28)25-19-6-4-3-5-18(19)12-24)30-21(29)22-8-16-7-17(9-22)11-23(10-16,13-22)26-15(2)27/h3-6,14,16-17H,7-11,13H2,1-2H3,(H,25,28)(H,26,27). The first-order valence-corrected chi connectivity index (χ1v) is 10.5. The number of nitrogens with zero attached hydrogens (tertiary/aromatic N) is 1. The lowest BCUT2D eigenvalue weighted by Gasteiger charge is -2.60. The molecule has 5 rings (SSSR count). The van der Waals surface area contributed by atoms with Crippen molar-refractivity contribution >= 4 is 23.5 Å². The van der Waals surface area contributed by atoms with Crippen LogP contribution in [-0.4, -0.2) is 29.4 Å². The van der Waals surface area contributed by atoms with Crippen molar-refractivity contribution in [3.63, 3.8) is 0 Å². The molecule has 30 heavy (non-hydrogen) atoms. The molecule has 4 saturated carbocycles. The third kappa shape index (κ3) is 3.67. The van der Waals surface area contributed by atoms with Gasteiger partial charge in [-0.05, 0) is 69.4 Å². The molecule has 0 spiro atoms. The smallest absolute Gasteiger partial charge is 0.312 e. The number of rotatable bonds is 5. The molecule has 3 unspecified atom stereocenters. The van der Waals surface area contributed by atoms with Crippen LogP contribution in [0, 0.1) is 28.6 Å². The number of nitrogens with one attached hydrogen (secondary N) is 2. The fourth-order valence-electron chi connectivity index (χ4n) is 6.28. The third-order valence-corrected chi connectivity index (χ3v) is 6.89. The maximum Gasteiger partial charge on any atom is 0.312 e. The van der Waals surface area contributed by atoms with Crippen LogP contribution in [0.15, 0.2) is 24.3 Å². The van der Waals surface area contributed by atoms with E-state index in [2.05, 4.69) is 10.6 Å². The zero-order valence-electron chi connectivity index (χ0n) is 17.4. The van der Waals surface area contributed by atoms with Gasteiger partial charge in [-0.25, -0.2) is 0 Å². The molecule has 7 heteroatoms. The van der Waals surface area contributed by atoms with Crippen LogP contribution in [0.25, 0.3) is 0 Å². The Labute approximate surface area is 176 Å². The van der Waals surface area contributed by atoms with Crippen LogP contribution in [0.4, 0.5) is 5.69 Å². The van der Waals surface area contributed by atoms with E-state index in [1.165, 1.54) is 6.92 Å². The number of para-hydroxylation sites is 1. The largest absolute Gasteiger partial charge is 0.452 e. The van der Waals surface area contributed by atoms with Crippen LogP contribution in [0.1, 0.15) is 57.9 Å². The fourth-order valence-corrected chi connectivity index (χ4v) is 6.28. The van der Waals surface area contributed by atoms with Crippen molar-refractivity contribution in [1.29, 1.82) is 5.26 Å². The second kappa shape index (κ2) is 7.42. The lowest BCUT2D eigenvalue weighted by Crippen LogP contribution is -2.65. The molecule has 0 heterocycles. The number of esters is 1. The normalized spacial score (nSPS) is 32.0. The average molecular weight is 409 g/mol. The van der Waals surface area contributed by atoms with E-state index >= 15 is 0 Å². The van der Waals surface area contributed by atoms with Gasteiger partial charge in [-0.2, -0.15) is 5.26 Å². The van der Waals surface area contributed by atoms with Gasteiger partial charge in [0.1, 0.15) is 6.07 Å². The first kappa shape index (κ1) is 20.4. The Balaban J connectivity index is 1.46. The van der Waals surface area contributed by atoms with Gasteiger partial charge in [0.05, 0.1) is 16.7 Å². The lowest BCUT2D eigenvalue weighted by atomic mass is 9.47. The molecule has 0 aliphatic heterocycles. The van der Waals surface area contributed by atoms with Crippen molar-refractivity contribution in [3.05, 3.63) is 29.8 Å². The van der Waals surface area contributed by atoms with Crippen LogP contribution >= 0.6 is 0 Å². The predicted octanol–water partition coefficient (Wildman–Crippen LogP) is 2.90. The van der Waals surface area contributed by atoms with E-state index in [-0.39, 0.29) is 17.4 Å². The molecule has 1 aromatic rings. The molecule has 0 aromatic heterocycles. The zero-order valence-corrected chi connectivity index (χ0v) is 17.4. The second-order valence-electron chi connectivity index (χ2n) is 9.40. The van der Waals surface area contributed by atoms with Gasteiger partial charge in [-0.3, -0.25) is 14.4 Å². The minimum Gasteiger partial charge on any atom is -0.452 e. The molecule has 4 bridgehead atoms. The Kier molecular flexibility index (Phi) is 5.05. The second-order valence-corrected chi connectivity index (χ2v) is 9.40. The van der Waals surface area contributed by atoms with E-state index in [1.807, 2.05) is 6.07 Å². The van der Waals surface area contributed by atoms with E-state index < -0.39 is 17.4 Å². The van der Waals surface area contributed by atoms with Crippen LogP contribution in [0.5, 0.6) is 0 Å². The van der Waals surface area contributed by atoms with Gasteiger partial charge in [-0.1, -0.05) is 12.1 Å². The summed E-state index contributed by atoms with van der Waals surface area (Å²) in [5, 5.41) is 15.0. The molecule has 4 aliphatic carbocycles. The molecule has 4 fully saturated rings. The molecule has 3 atom stereocenters. The fraction of sp³-hybridized carbons (Fsp3) is 0.565.